The third kappa shape index (κ3) is 16.5. The smallest absolute Gasteiger partial charge is 0.157 e. The topological polar surface area (TPSA) is 38.7 Å². The average molecular weight is 331 g/mol. The lowest BCUT2D eigenvalue weighted by Crippen LogP contribution is -2.22. The average Bonchev–Trinajstić information content (AvgIpc) is 2.50. The van der Waals surface area contributed by atoms with Gasteiger partial charge in [-0.3, -0.25) is 0 Å². The molecule has 0 fully saturated rings. The van der Waals surface area contributed by atoms with Crippen LogP contribution in [0.4, 0.5) is 0 Å². The molecule has 0 rings (SSSR count). The monoisotopic (exact) mass is 330 g/mol. The Morgan fingerprint density at radius 2 is 1.22 bits per heavy atom. The summed E-state index contributed by atoms with van der Waals surface area (Å²) >= 11 is 0. The Bertz CT molecular complexity index is 231. The Labute approximate surface area is 145 Å². The van der Waals surface area contributed by atoms with Crippen LogP contribution in [0.15, 0.2) is 0 Å². The highest BCUT2D eigenvalue weighted by molar-refractivity contribution is 4.60. The molecule has 0 aliphatic heterocycles. The largest absolute Gasteiger partial charge is 0.368 e. The normalized spacial score (nSPS) is 15.5. The van der Waals surface area contributed by atoms with Crippen LogP contribution in [-0.2, 0) is 9.47 Å². The predicted octanol–water partition coefficient (Wildman–Crippen LogP) is 6.04. The second-order valence-electron chi connectivity index (χ2n) is 6.91. The van der Waals surface area contributed by atoms with Crippen molar-refractivity contribution in [3.05, 3.63) is 0 Å². The van der Waals surface area contributed by atoms with Crippen LogP contribution in [0.5, 0.6) is 0 Å². The van der Waals surface area contributed by atoms with Gasteiger partial charge in [-0.15, -0.1) is 0 Å². The van der Waals surface area contributed by atoms with Gasteiger partial charge >= 0.3 is 0 Å². The molecule has 0 amide bonds. The molecule has 0 bridgehead atoms. The summed E-state index contributed by atoms with van der Waals surface area (Å²) in [5.41, 5.74) is 0. The maximum atomic E-state index is 9.23. The number of ether oxygens (including phenoxy) is 2. The van der Waals surface area contributed by atoms with Crippen molar-refractivity contribution in [2.75, 3.05) is 6.61 Å². The number of hydrogen-bond acceptors (Lipinski definition) is 3. The van der Waals surface area contributed by atoms with Crippen LogP contribution in [0.1, 0.15) is 105 Å². The van der Waals surface area contributed by atoms with E-state index in [1.165, 1.54) is 77.0 Å². The van der Waals surface area contributed by atoms with E-state index in [9.17, 15) is 5.11 Å². The van der Waals surface area contributed by atoms with E-state index in [-0.39, 0.29) is 6.29 Å². The molecule has 0 aromatic carbocycles. The summed E-state index contributed by atoms with van der Waals surface area (Å²) in [5, 5.41) is 9.23. The summed E-state index contributed by atoms with van der Waals surface area (Å²) in [6.45, 7) is 8.77. The molecule has 0 spiro atoms. The summed E-state index contributed by atoms with van der Waals surface area (Å²) in [5.74, 6) is 0.637. The van der Waals surface area contributed by atoms with Gasteiger partial charge in [-0.05, 0) is 32.6 Å². The van der Waals surface area contributed by atoms with E-state index in [0.29, 0.717) is 5.92 Å². The van der Waals surface area contributed by atoms with Crippen LogP contribution in [0.3, 0.4) is 0 Å². The van der Waals surface area contributed by atoms with Crippen LogP contribution >= 0.6 is 0 Å². The van der Waals surface area contributed by atoms with Crippen molar-refractivity contribution in [2.45, 2.75) is 117 Å². The third-order valence-electron chi connectivity index (χ3n) is 4.39. The molecule has 0 saturated carbocycles. The van der Waals surface area contributed by atoms with Gasteiger partial charge in [0.25, 0.3) is 0 Å². The van der Waals surface area contributed by atoms with E-state index in [1.807, 2.05) is 6.92 Å². The molecule has 0 heterocycles. The molecule has 0 aromatic rings. The summed E-state index contributed by atoms with van der Waals surface area (Å²) in [4.78, 5) is 0. The molecule has 3 unspecified atom stereocenters. The zero-order valence-corrected chi connectivity index (χ0v) is 16.2. The van der Waals surface area contributed by atoms with Crippen LogP contribution in [-0.4, -0.2) is 24.3 Å². The minimum Gasteiger partial charge on any atom is -0.368 e. The van der Waals surface area contributed by atoms with Gasteiger partial charge < -0.3 is 14.6 Å². The van der Waals surface area contributed by atoms with Crippen molar-refractivity contribution in [2.24, 2.45) is 5.92 Å². The fourth-order valence-electron chi connectivity index (χ4n) is 2.97. The Hall–Kier alpha value is -0.120. The zero-order valence-electron chi connectivity index (χ0n) is 16.2. The number of hydrogen-bond donors (Lipinski definition) is 1. The summed E-state index contributed by atoms with van der Waals surface area (Å²) in [6, 6.07) is 0. The van der Waals surface area contributed by atoms with E-state index < -0.39 is 6.29 Å². The van der Waals surface area contributed by atoms with Crippen LogP contribution in [0.2, 0.25) is 0 Å². The second kappa shape index (κ2) is 16.7. The van der Waals surface area contributed by atoms with Crippen molar-refractivity contribution in [3.63, 3.8) is 0 Å². The first kappa shape index (κ1) is 22.9. The van der Waals surface area contributed by atoms with Gasteiger partial charge in [0.1, 0.15) is 0 Å². The van der Waals surface area contributed by atoms with E-state index in [1.54, 1.807) is 6.92 Å². The van der Waals surface area contributed by atoms with Gasteiger partial charge in [-0.1, -0.05) is 78.1 Å². The van der Waals surface area contributed by atoms with Crippen molar-refractivity contribution >= 4 is 0 Å². The summed E-state index contributed by atoms with van der Waals surface area (Å²) < 4.78 is 11.0. The second-order valence-corrected chi connectivity index (χ2v) is 6.91. The van der Waals surface area contributed by atoms with Crippen molar-refractivity contribution in [1.29, 1.82) is 0 Å². The lowest BCUT2D eigenvalue weighted by Gasteiger charge is -2.21. The van der Waals surface area contributed by atoms with Gasteiger partial charge in [-0.25, -0.2) is 0 Å². The fraction of sp³-hybridized carbons (Fsp3) is 1.00. The molecule has 3 heteroatoms. The molecular weight excluding hydrogens is 288 g/mol. The van der Waals surface area contributed by atoms with Gasteiger partial charge in [0, 0.05) is 0 Å². The fourth-order valence-corrected chi connectivity index (χ4v) is 2.97. The molecule has 3 atom stereocenters. The molecule has 140 valence electrons. The Kier molecular flexibility index (Phi) is 16.6. The highest BCUT2D eigenvalue weighted by atomic mass is 16.7. The van der Waals surface area contributed by atoms with Gasteiger partial charge in [0.2, 0.25) is 0 Å². The number of rotatable bonds is 17. The standard InChI is InChI=1S/C20H42O3/c1-5-7-9-11-12-14-16-20(15-13-10-8-6-2)17-22-19(4)23-18(3)21/h18-21H,5-17H2,1-4H3. The van der Waals surface area contributed by atoms with Crippen molar-refractivity contribution in [3.8, 4) is 0 Å². The SMILES string of the molecule is CCCCCCCCC(CCCCCC)COC(C)OC(C)O. The molecule has 0 aromatic heterocycles. The Morgan fingerprint density at radius 1 is 0.739 bits per heavy atom. The molecular formula is C20H42O3. The number of aliphatic hydroxyl groups excluding tert-OH is 1. The van der Waals surface area contributed by atoms with E-state index >= 15 is 0 Å². The van der Waals surface area contributed by atoms with E-state index in [4.69, 9.17) is 9.47 Å². The molecule has 1 N–H and O–H groups in total. The summed E-state index contributed by atoms with van der Waals surface area (Å²) in [6.07, 6.45) is 14.8. The Morgan fingerprint density at radius 3 is 1.74 bits per heavy atom. The summed E-state index contributed by atoms with van der Waals surface area (Å²) in [7, 11) is 0. The lowest BCUT2D eigenvalue weighted by atomic mass is 9.95. The molecule has 0 saturated heterocycles. The van der Waals surface area contributed by atoms with Crippen LogP contribution < -0.4 is 0 Å². The number of unbranched alkanes of at least 4 members (excludes halogenated alkanes) is 8. The predicted molar refractivity (Wildman–Crippen MR) is 98.4 cm³/mol. The van der Waals surface area contributed by atoms with Crippen LogP contribution in [0.25, 0.3) is 0 Å². The minimum absolute atomic E-state index is 0.322. The first-order valence-corrected chi connectivity index (χ1v) is 10.0. The maximum Gasteiger partial charge on any atom is 0.157 e. The lowest BCUT2D eigenvalue weighted by molar-refractivity contribution is -0.217. The molecule has 0 aliphatic rings. The maximum absolute atomic E-state index is 9.23. The third-order valence-corrected chi connectivity index (χ3v) is 4.39. The molecule has 0 aliphatic carbocycles. The van der Waals surface area contributed by atoms with Crippen LogP contribution in [0, 0.1) is 5.92 Å². The number of aliphatic hydroxyl groups is 1. The minimum atomic E-state index is -0.758. The Balaban J connectivity index is 3.92. The van der Waals surface area contributed by atoms with E-state index in [0.717, 1.165) is 6.61 Å². The molecule has 3 nitrogen and oxygen atoms in total. The van der Waals surface area contributed by atoms with Gasteiger partial charge in [0.15, 0.2) is 12.6 Å². The van der Waals surface area contributed by atoms with Gasteiger partial charge in [-0.2, -0.15) is 0 Å². The zero-order chi connectivity index (χ0) is 17.3. The highest BCUT2D eigenvalue weighted by Gasteiger charge is 2.12. The quantitative estimate of drug-likeness (QED) is 0.261. The van der Waals surface area contributed by atoms with E-state index in [2.05, 4.69) is 13.8 Å². The first-order valence-electron chi connectivity index (χ1n) is 10.0. The first-order chi connectivity index (χ1) is 11.1. The highest BCUT2D eigenvalue weighted by Crippen LogP contribution is 2.20. The molecule has 0 radical (unpaired) electrons. The van der Waals surface area contributed by atoms with Gasteiger partial charge in [0.05, 0.1) is 6.61 Å². The van der Waals surface area contributed by atoms with Crippen molar-refractivity contribution in [1.82, 2.24) is 0 Å². The molecule has 23 heavy (non-hydrogen) atoms. The van der Waals surface area contributed by atoms with Crippen molar-refractivity contribution < 1.29 is 14.6 Å².